The van der Waals surface area contributed by atoms with Gasteiger partial charge in [0.2, 0.25) is 0 Å². The molecule has 2 unspecified atom stereocenters. The third kappa shape index (κ3) is 2.43. The van der Waals surface area contributed by atoms with E-state index in [0.717, 1.165) is 30.4 Å². The van der Waals surface area contributed by atoms with Crippen molar-refractivity contribution >= 4 is 22.5 Å². The molecule has 1 fully saturated rings. The number of ether oxygens (including phenoxy) is 1. The lowest BCUT2D eigenvalue weighted by atomic mass is 9.68. The zero-order valence-electron chi connectivity index (χ0n) is 12.4. The fourth-order valence-corrected chi connectivity index (χ4v) is 3.73. The highest BCUT2D eigenvalue weighted by Gasteiger charge is 2.45. The molecule has 0 radical (unpaired) electrons. The van der Waals surface area contributed by atoms with Gasteiger partial charge < -0.3 is 16.2 Å². The van der Waals surface area contributed by atoms with E-state index in [0.29, 0.717) is 11.3 Å². The molecule has 1 aliphatic carbocycles. The number of halogens is 1. The Morgan fingerprint density at radius 2 is 2.24 bits per heavy atom. The van der Waals surface area contributed by atoms with Crippen molar-refractivity contribution in [2.24, 2.45) is 11.7 Å². The van der Waals surface area contributed by atoms with Gasteiger partial charge in [0.15, 0.2) is 0 Å². The van der Waals surface area contributed by atoms with E-state index in [9.17, 15) is 0 Å². The number of rotatable bonds is 3. The van der Waals surface area contributed by atoms with Gasteiger partial charge in [-0.15, -0.1) is 0 Å². The van der Waals surface area contributed by atoms with Gasteiger partial charge in [0.05, 0.1) is 0 Å². The summed E-state index contributed by atoms with van der Waals surface area (Å²) in [6, 6.07) is 5.54. The second-order valence-corrected chi connectivity index (χ2v) is 5.89. The molecular formula is C16H22ClN3O. The summed E-state index contributed by atoms with van der Waals surface area (Å²) < 4.78 is 5.97. The first-order chi connectivity index (χ1) is 9.98. The Hall–Kier alpha value is -1.52. The normalized spacial score (nSPS) is 27.8. The molecule has 0 heterocycles. The van der Waals surface area contributed by atoms with Crippen LogP contribution in [-0.4, -0.2) is 12.3 Å². The van der Waals surface area contributed by atoms with Gasteiger partial charge in [-0.2, -0.15) is 0 Å². The van der Waals surface area contributed by atoms with Crippen molar-refractivity contribution < 1.29 is 4.74 Å². The summed E-state index contributed by atoms with van der Waals surface area (Å²) in [5, 5.41) is 7.79. The fraction of sp³-hybridized carbons (Fsp3) is 0.438. The van der Waals surface area contributed by atoms with E-state index < -0.39 is 5.60 Å². The Bertz CT molecular complexity index is 585. The summed E-state index contributed by atoms with van der Waals surface area (Å²) >= 11 is 5.99. The van der Waals surface area contributed by atoms with Crippen molar-refractivity contribution in [1.29, 1.82) is 5.41 Å². The van der Waals surface area contributed by atoms with Gasteiger partial charge in [0.25, 0.3) is 0 Å². The van der Waals surface area contributed by atoms with Gasteiger partial charge >= 0.3 is 0 Å². The van der Waals surface area contributed by atoms with Crippen molar-refractivity contribution in [3.63, 3.8) is 0 Å². The smallest absolute Gasteiger partial charge is 0.130 e. The number of hydrogen-bond acceptors (Lipinski definition) is 4. The summed E-state index contributed by atoms with van der Waals surface area (Å²) in [6.45, 7) is 2.14. The molecule has 1 saturated carbocycles. The number of anilines is 1. The Labute approximate surface area is 130 Å². The highest BCUT2D eigenvalue weighted by Crippen LogP contribution is 2.49. The predicted molar refractivity (Wildman–Crippen MR) is 87.5 cm³/mol. The third-order valence-corrected chi connectivity index (χ3v) is 4.68. The lowest BCUT2D eigenvalue weighted by molar-refractivity contribution is -0.0432. The van der Waals surface area contributed by atoms with Gasteiger partial charge in [-0.25, -0.2) is 0 Å². The molecule has 0 bridgehead atoms. The van der Waals surface area contributed by atoms with Crippen LogP contribution in [0.5, 0.6) is 0 Å². The van der Waals surface area contributed by atoms with E-state index in [1.54, 1.807) is 19.4 Å². The number of hydrogen-bond donors (Lipinski definition) is 3. The molecule has 5 N–H and O–H groups in total. The average molecular weight is 308 g/mol. The molecule has 1 aromatic carbocycles. The second kappa shape index (κ2) is 6.08. The van der Waals surface area contributed by atoms with Gasteiger partial charge in [-0.1, -0.05) is 30.7 Å². The molecule has 2 rings (SSSR count). The van der Waals surface area contributed by atoms with Crippen LogP contribution >= 0.6 is 11.6 Å². The van der Waals surface area contributed by atoms with Crippen LogP contribution in [0, 0.1) is 11.3 Å². The lowest BCUT2D eigenvalue weighted by Crippen LogP contribution is -2.42. The summed E-state index contributed by atoms with van der Waals surface area (Å²) in [5.74, 6) is 0.225. The quantitative estimate of drug-likeness (QED) is 0.591. The number of nitrogens with one attached hydrogen (secondary N) is 1. The predicted octanol–water partition coefficient (Wildman–Crippen LogP) is 3.34. The van der Waals surface area contributed by atoms with E-state index in [1.165, 1.54) is 0 Å². The number of nitrogens with two attached hydrogens (primary N) is 2. The number of benzene rings is 1. The third-order valence-electron chi connectivity index (χ3n) is 4.49. The Morgan fingerprint density at radius 1 is 1.52 bits per heavy atom. The number of nitrogen functional groups attached to an aromatic ring is 1. The van der Waals surface area contributed by atoms with Gasteiger partial charge in [-0.05, 0) is 43.0 Å². The molecule has 21 heavy (non-hydrogen) atoms. The van der Waals surface area contributed by atoms with Crippen LogP contribution in [-0.2, 0) is 10.3 Å². The van der Waals surface area contributed by atoms with Gasteiger partial charge in [0, 0.05) is 23.9 Å². The first-order valence-electron chi connectivity index (χ1n) is 7.08. The number of methoxy groups -OCH3 is 1. The first kappa shape index (κ1) is 15.9. The van der Waals surface area contributed by atoms with E-state index >= 15 is 0 Å². The van der Waals surface area contributed by atoms with Crippen molar-refractivity contribution in [2.75, 3.05) is 12.8 Å². The minimum absolute atomic E-state index is 0.0753. The summed E-state index contributed by atoms with van der Waals surface area (Å²) in [5.41, 5.74) is 14.1. The largest absolute Gasteiger partial charge is 0.405 e. The Balaban J connectivity index is 2.76. The molecule has 0 aromatic heterocycles. The summed E-state index contributed by atoms with van der Waals surface area (Å²) in [6.07, 6.45) is 4.60. The fourth-order valence-electron chi connectivity index (χ4n) is 3.52. The highest BCUT2D eigenvalue weighted by atomic mass is 35.5. The summed E-state index contributed by atoms with van der Waals surface area (Å²) in [4.78, 5) is 0. The van der Waals surface area contributed by atoms with Gasteiger partial charge in [-0.3, -0.25) is 5.41 Å². The van der Waals surface area contributed by atoms with E-state index in [1.807, 2.05) is 12.1 Å². The Kier molecular flexibility index (Phi) is 4.59. The van der Waals surface area contributed by atoms with Crippen LogP contribution < -0.4 is 11.5 Å². The lowest BCUT2D eigenvalue weighted by Gasteiger charge is -2.44. The minimum atomic E-state index is -0.668. The molecule has 1 aromatic rings. The molecule has 5 heteroatoms. The first-order valence-corrected chi connectivity index (χ1v) is 7.46. The van der Waals surface area contributed by atoms with Gasteiger partial charge in [0.1, 0.15) is 10.8 Å². The van der Waals surface area contributed by atoms with Crippen LogP contribution in [0.4, 0.5) is 5.69 Å². The standard InChI is InChI=1S/C16H22ClN3O/c1-10-5-3-6-11(9-18)16(10,21-2)12-7-4-8-13(19)14(12)15(17)20/h4,7-10,20H,3,5-6,18-19H2,1-2H3/b11-9+,20-15?. The van der Waals surface area contributed by atoms with Crippen molar-refractivity contribution in [1.82, 2.24) is 0 Å². The maximum absolute atomic E-state index is 7.87. The topological polar surface area (TPSA) is 85.1 Å². The second-order valence-electron chi connectivity index (χ2n) is 5.51. The molecular weight excluding hydrogens is 286 g/mol. The van der Waals surface area contributed by atoms with Crippen molar-refractivity contribution in [3.8, 4) is 0 Å². The maximum atomic E-state index is 7.87. The molecule has 0 amide bonds. The van der Waals surface area contributed by atoms with E-state index in [4.69, 9.17) is 33.2 Å². The summed E-state index contributed by atoms with van der Waals surface area (Å²) in [7, 11) is 1.68. The minimum Gasteiger partial charge on any atom is -0.405 e. The van der Waals surface area contributed by atoms with Crippen LogP contribution in [0.15, 0.2) is 30.0 Å². The molecule has 1 aliphatic rings. The zero-order valence-corrected chi connectivity index (χ0v) is 13.2. The molecule has 0 saturated heterocycles. The monoisotopic (exact) mass is 307 g/mol. The van der Waals surface area contributed by atoms with E-state index in [2.05, 4.69) is 6.92 Å². The highest BCUT2D eigenvalue weighted by molar-refractivity contribution is 6.69. The SMILES string of the molecule is COC1(c2cccc(N)c2C(=N)Cl)/C(=C/N)CCCC1C. The maximum Gasteiger partial charge on any atom is 0.130 e. The van der Waals surface area contributed by atoms with Crippen LogP contribution in [0.2, 0.25) is 0 Å². The van der Waals surface area contributed by atoms with Crippen molar-refractivity contribution in [3.05, 3.63) is 41.1 Å². The van der Waals surface area contributed by atoms with Crippen molar-refractivity contribution in [2.45, 2.75) is 31.8 Å². The molecule has 0 spiro atoms. The van der Waals surface area contributed by atoms with Crippen LogP contribution in [0.25, 0.3) is 0 Å². The van der Waals surface area contributed by atoms with Crippen LogP contribution in [0.3, 0.4) is 0 Å². The molecule has 114 valence electrons. The average Bonchev–Trinajstić information content (AvgIpc) is 2.46. The zero-order chi connectivity index (χ0) is 15.6. The molecule has 4 nitrogen and oxygen atoms in total. The van der Waals surface area contributed by atoms with Crippen LogP contribution in [0.1, 0.15) is 37.3 Å². The Morgan fingerprint density at radius 3 is 2.81 bits per heavy atom. The molecule has 2 atom stereocenters. The van der Waals surface area contributed by atoms with E-state index in [-0.39, 0.29) is 11.1 Å². The molecule has 0 aliphatic heterocycles.